The number of urea groups is 1. The summed E-state index contributed by atoms with van der Waals surface area (Å²) in [5.74, 6) is -0.803. The Labute approximate surface area is 230 Å². The summed E-state index contributed by atoms with van der Waals surface area (Å²) in [4.78, 5) is 38.7. The van der Waals surface area contributed by atoms with Crippen LogP contribution in [0.4, 0.5) is 16.3 Å². The molecule has 0 saturated carbocycles. The first-order valence-corrected chi connectivity index (χ1v) is 12.9. The molecule has 9 nitrogen and oxygen atoms in total. The van der Waals surface area contributed by atoms with Crippen LogP contribution in [0.2, 0.25) is 10.0 Å². The highest BCUT2D eigenvalue weighted by atomic mass is 35.5. The maximum atomic E-state index is 12.9. The van der Waals surface area contributed by atoms with Gasteiger partial charge in [-0.05, 0) is 42.7 Å². The van der Waals surface area contributed by atoms with E-state index < -0.39 is 18.0 Å². The fourth-order valence-corrected chi connectivity index (χ4v) is 4.65. The highest BCUT2D eigenvalue weighted by molar-refractivity contribution is 6.44. The molecule has 2 heterocycles. The number of nitrogens with zero attached hydrogens (tertiary/aromatic N) is 3. The van der Waals surface area contributed by atoms with E-state index in [1.165, 1.54) is 4.90 Å². The second-order valence-electron chi connectivity index (χ2n) is 10.2. The molecule has 3 amide bonds. The first-order valence-electron chi connectivity index (χ1n) is 12.2. The van der Waals surface area contributed by atoms with E-state index in [1.54, 1.807) is 41.1 Å². The van der Waals surface area contributed by atoms with Crippen LogP contribution in [0.3, 0.4) is 0 Å². The summed E-state index contributed by atoms with van der Waals surface area (Å²) in [6.07, 6.45) is 1.19. The van der Waals surface area contributed by atoms with Gasteiger partial charge in [0, 0.05) is 18.0 Å². The van der Waals surface area contributed by atoms with Gasteiger partial charge in [0.1, 0.15) is 11.9 Å². The SMILES string of the molecule is CC(C)(C)c1cc(NC(=O)Nc2cccc(Cl)c2Cl)n(-c2cccc(CC(=O)N3CCCC3C(=O)O)c2)n1. The molecule has 1 saturated heterocycles. The Morgan fingerprint density at radius 2 is 1.82 bits per heavy atom. The number of carbonyl (C=O) groups excluding carboxylic acids is 2. The van der Waals surface area contributed by atoms with Crippen LogP contribution in [0, 0.1) is 0 Å². The summed E-state index contributed by atoms with van der Waals surface area (Å²) in [6.45, 7) is 6.47. The second-order valence-corrected chi connectivity index (χ2v) is 11.0. The van der Waals surface area contributed by atoms with Crippen LogP contribution in [0.25, 0.3) is 5.69 Å². The highest BCUT2D eigenvalue weighted by Gasteiger charge is 2.33. The number of hydrogen-bond acceptors (Lipinski definition) is 4. The Morgan fingerprint density at radius 3 is 2.53 bits per heavy atom. The topological polar surface area (TPSA) is 117 Å². The standard InChI is InChI=1S/C27H29Cl2N5O4/c1-27(2,3)21-15-22(31-26(38)30-19-10-5-9-18(28)24(19)29)34(32-21)17-8-4-7-16(13-17)14-23(35)33-12-6-11-20(33)25(36)37/h4-5,7-10,13,15,20H,6,11-12,14H2,1-3H3,(H,36,37)(H2,30,31,38). The van der Waals surface area contributed by atoms with E-state index in [0.29, 0.717) is 47.2 Å². The van der Waals surface area contributed by atoms with Crippen molar-refractivity contribution in [2.75, 3.05) is 17.2 Å². The number of carboxylic acids is 1. The average molecular weight is 558 g/mol. The largest absolute Gasteiger partial charge is 0.480 e. The molecule has 1 unspecified atom stereocenters. The number of aliphatic carboxylic acids is 1. The number of nitrogens with one attached hydrogen (secondary N) is 2. The van der Waals surface area contributed by atoms with Crippen molar-refractivity contribution < 1.29 is 19.5 Å². The van der Waals surface area contributed by atoms with Gasteiger partial charge in [-0.3, -0.25) is 10.1 Å². The number of benzene rings is 2. The lowest BCUT2D eigenvalue weighted by atomic mass is 9.92. The molecule has 2 aromatic carbocycles. The third kappa shape index (κ3) is 6.11. The third-order valence-electron chi connectivity index (χ3n) is 6.29. The molecular weight excluding hydrogens is 529 g/mol. The third-order valence-corrected chi connectivity index (χ3v) is 7.11. The van der Waals surface area contributed by atoms with Crippen molar-refractivity contribution in [3.05, 3.63) is 69.8 Å². The summed E-state index contributed by atoms with van der Waals surface area (Å²) < 4.78 is 1.60. The molecule has 0 aliphatic carbocycles. The number of carbonyl (C=O) groups is 3. The molecule has 200 valence electrons. The maximum Gasteiger partial charge on any atom is 0.326 e. The number of likely N-dealkylation sites (tertiary alicyclic amines) is 1. The molecule has 3 N–H and O–H groups in total. The normalized spacial score (nSPS) is 15.4. The summed E-state index contributed by atoms with van der Waals surface area (Å²) in [5.41, 5.74) is 2.15. The van der Waals surface area contributed by atoms with E-state index in [2.05, 4.69) is 10.6 Å². The molecule has 0 bridgehead atoms. The molecule has 3 aromatic rings. The number of hydrogen-bond donors (Lipinski definition) is 3. The van der Waals surface area contributed by atoms with E-state index in [1.807, 2.05) is 32.9 Å². The lowest BCUT2D eigenvalue weighted by molar-refractivity contribution is -0.148. The van der Waals surface area contributed by atoms with Crippen LogP contribution < -0.4 is 10.6 Å². The van der Waals surface area contributed by atoms with Gasteiger partial charge in [-0.1, -0.05) is 62.2 Å². The molecule has 1 aliphatic heterocycles. The van der Waals surface area contributed by atoms with Gasteiger partial charge in [0.25, 0.3) is 0 Å². The molecule has 1 aromatic heterocycles. The van der Waals surface area contributed by atoms with Crippen molar-refractivity contribution in [3.63, 3.8) is 0 Å². The molecule has 4 rings (SSSR count). The van der Waals surface area contributed by atoms with Gasteiger partial charge < -0.3 is 15.3 Å². The molecular formula is C27H29Cl2N5O4. The molecule has 0 radical (unpaired) electrons. The fraction of sp³-hybridized carbons (Fsp3) is 0.333. The monoisotopic (exact) mass is 557 g/mol. The minimum absolute atomic E-state index is 0.0571. The minimum atomic E-state index is -0.982. The van der Waals surface area contributed by atoms with Crippen LogP contribution in [0.5, 0.6) is 0 Å². The zero-order valence-corrected chi connectivity index (χ0v) is 22.8. The van der Waals surface area contributed by atoms with Crippen LogP contribution in [0.1, 0.15) is 44.9 Å². The number of anilines is 2. The Hall–Kier alpha value is -3.56. The Balaban J connectivity index is 1.59. The minimum Gasteiger partial charge on any atom is -0.480 e. The van der Waals surface area contributed by atoms with Crippen LogP contribution in [-0.2, 0) is 21.4 Å². The van der Waals surface area contributed by atoms with Crippen LogP contribution >= 0.6 is 23.2 Å². The van der Waals surface area contributed by atoms with Gasteiger partial charge in [-0.15, -0.1) is 0 Å². The molecule has 0 spiro atoms. The van der Waals surface area contributed by atoms with Gasteiger partial charge in [-0.2, -0.15) is 5.10 Å². The number of halogens is 2. The number of amides is 3. The first-order chi connectivity index (χ1) is 17.9. The van der Waals surface area contributed by atoms with Crippen molar-refractivity contribution in [1.29, 1.82) is 0 Å². The van der Waals surface area contributed by atoms with Crippen molar-refractivity contribution in [2.24, 2.45) is 0 Å². The summed E-state index contributed by atoms with van der Waals surface area (Å²) in [5, 5.41) is 20.2. The second kappa shape index (κ2) is 11.0. The van der Waals surface area contributed by atoms with Gasteiger partial charge in [0.2, 0.25) is 5.91 Å². The van der Waals surface area contributed by atoms with E-state index in [-0.39, 0.29) is 22.8 Å². The van der Waals surface area contributed by atoms with Gasteiger partial charge in [-0.25, -0.2) is 14.3 Å². The zero-order chi connectivity index (χ0) is 27.6. The lowest BCUT2D eigenvalue weighted by Gasteiger charge is -2.21. The molecule has 1 fully saturated rings. The number of aromatic nitrogens is 2. The summed E-state index contributed by atoms with van der Waals surface area (Å²) >= 11 is 12.3. The first kappa shape index (κ1) is 27.5. The maximum absolute atomic E-state index is 12.9. The zero-order valence-electron chi connectivity index (χ0n) is 21.3. The Bertz CT molecular complexity index is 1380. The van der Waals surface area contributed by atoms with E-state index in [4.69, 9.17) is 28.3 Å². The van der Waals surface area contributed by atoms with E-state index >= 15 is 0 Å². The van der Waals surface area contributed by atoms with Crippen LogP contribution in [0.15, 0.2) is 48.5 Å². The van der Waals surface area contributed by atoms with Crippen molar-refractivity contribution in [1.82, 2.24) is 14.7 Å². The smallest absolute Gasteiger partial charge is 0.326 e. The van der Waals surface area contributed by atoms with Crippen molar-refractivity contribution in [3.8, 4) is 5.69 Å². The predicted octanol–water partition coefficient (Wildman–Crippen LogP) is 5.74. The number of carboxylic acid groups (broad SMARTS) is 1. The lowest BCUT2D eigenvalue weighted by Crippen LogP contribution is -2.41. The van der Waals surface area contributed by atoms with Crippen LogP contribution in [-0.4, -0.2) is 50.3 Å². The molecule has 1 atom stereocenters. The Kier molecular flexibility index (Phi) is 7.99. The van der Waals surface area contributed by atoms with Gasteiger partial charge >= 0.3 is 12.0 Å². The molecule has 38 heavy (non-hydrogen) atoms. The van der Waals surface area contributed by atoms with Gasteiger partial charge in [0.05, 0.1) is 33.5 Å². The van der Waals surface area contributed by atoms with E-state index in [9.17, 15) is 19.5 Å². The predicted molar refractivity (Wildman–Crippen MR) is 147 cm³/mol. The fourth-order valence-electron chi connectivity index (χ4n) is 4.30. The van der Waals surface area contributed by atoms with Gasteiger partial charge in [0.15, 0.2) is 0 Å². The molecule has 1 aliphatic rings. The Morgan fingerprint density at radius 1 is 1.08 bits per heavy atom. The van der Waals surface area contributed by atoms with E-state index in [0.717, 1.165) is 5.69 Å². The average Bonchev–Trinajstić information content (AvgIpc) is 3.50. The number of rotatable bonds is 6. The van der Waals surface area contributed by atoms with Crippen molar-refractivity contribution >= 4 is 52.6 Å². The molecule has 11 heteroatoms. The highest BCUT2D eigenvalue weighted by Crippen LogP contribution is 2.30. The van der Waals surface area contributed by atoms with Crippen molar-refractivity contribution in [2.45, 2.75) is 51.5 Å². The summed E-state index contributed by atoms with van der Waals surface area (Å²) in [6, 6.07) is 12.7. The quantitative estimate of drug-likeness (QED) is 0.357. The summed E-state index contributed by atoms with van der Waals surface area (Å²) in [7, 11) is 0.